The molecule has 5 nitrogen and oxygen atoms in total. The van der Waals surface area contributed by atoms with Crippen LogP contribution in [0.25, 0.3) is 0 Å². The summed E-state index contributed by atoms with van der Waals surface area (Å²) in [6, 6.07) is 7.70. The van der Waals surface area contributed by atoms with Gasteiger partial charge in [0.2, 0.25) is 11.8 Å². The number of nitrogens with one attached hydrogen (secondary N) is 2. The lowest BCUT2D eigenvalue weighted by Crippen LogP contribution is -2.41. The van der Waals surface area contributed by atoms with Crippen molar-refractivity contribution in [2.24, 2.45) is 0 Å². The molecule has 1 atom stereocenters. The maximum atomic E-state index is 11.7. The van der Waals surface area contributed by atoms with Crippen LogP contribution in [0.5, 0.6) is 0 Å². The van der Waals surface area contributed by atoms with E-state index < -0.39 is 5.60 Å². The molecule has 1 aliphatic rings. The van der Waals surface area contributed by atoms with Gasteiger partial charge in [-0.2, -0.15) is 0 Å². The van der Waals surface area contributed by atoms with Crippen molar-refractivity contribution in [2.45, 2.75) is 31.8 Å². The third-order valence-electron chi connectivity index (χ3n) is 3.60. The summed E-state index contributed by atoms with van der Waals surface area (Å²) < 4.78 is 0. The summed E-state index contributed by atoms with van der Waals surface area (Å²) in [6.45, 7) is 2.44. The molecule has 0 saturated heterocycles. The molecule has 0 aromatic heterocycles. The molecule has 0 bridgehead atoms. The standard InChI is InChI=1S/C15H20N2O3/c1-2-16-13(18)9-14(19)17-10-15(20)8-7-11-5-3-4-6-12(11)15/h3-6,20H,2,7-10H2,1H3,(H,16,18)(H,17,19). The quantitative estimate of drug-likeness (QED) is 0.684. The summed E-state index contributed by atoms with van der Waals surface area (Å²) in [5.41, 5.74) is 0.972. The Morgan fingerprint density at radius 2 is 1.95 bits per heavy atom. The summed E-state index contributed by atoms with van der Waals surface area (Å²) in [4.78, 5) is 22.9. The van der Waals surface area contributed by atoms with Crippen molar-refractivity contribution in [3.63, 3.8) is 0 Å². The van der Waals surface area contributed by atoms with E-state index in [-0.39, 0.29) is 24.8 Å². The zero-order valence-electron chi connectivity index (χ0n) is 11.6. The highest BCUT2D eigenvalue weighted by Gasteiger charge is 2.36. The van der Waals surface area contributed by atoms with Crippen molar-refractivity contribution >= 4 is 11.8 Å². The second-order valence-corrected chi connectivity index (χ2v) is 5.10. The molecule has 1 aromatic carbocycles. The summed E-state index contributed by atoms with van der Waals surface area (Å²) in [5, 5.41) is 15.8. The van der Waals surface area contributed by atoms with Crippen LogP contribution in [0.3, 0.4) is 0 Å². The Hall–Kier alpha value is -1.88. The van der Waals surface area contributed by atoms with Crippen molar-refractivity contribution in [2.75, 3.05) is 13.1 Å². The molecule has 0 spiro atoms. The lowest BCUT2D eigenvalue weighted by molar-refractivity contribution is -0.130. The van der Waals surface area contributed by atoms with Crippen LogP contribution < -0.4 is 10.6 Å². The predicted molar refractivity (Wildman–Crippen MR) is 75.0 cm³/mol. The first-order chi connectivity index (χ1) is 9.55. The highest BCUT2D eigenvalue weighted by molar-refractivity contribution is 5.96. The Morgan fingerprint density at radius 1 is 1.25 bits per heavy atom. The predicted octanol–water partition coefficient (Wildman–Crippen LogP) is 0.463. The molecule has 20 heavy (non-hydrogen) atoms. The Labute approximate surface area is 118 Å². The van der Waals surface area contributed by atoms with Gasteiger partial charge in [-0.3, -0.25) is 9.59 Å². The Kier molecular flexibility index (Phi) is 4.39. The molecule has 1 aromatic rings. The molecule has 0 saturated carbocycles. The van der Waals surface area contributed by atoms with Crippen LogP contribution in [-0.4, -0.2) is 30.0 Å². The van der Waals surface area contributed by atoms with Gasteiger partial charge in [0, 0.05) is 6.54 Å². The topological polar surface area (TPSA) is 78.4 Å². The number of hydrogen-bond donors (Lipinski definition) is 3. The molecule has 5 heteroatoms. The van der Waals surface area contributed by atoms with Gasteiger partial charge < -0.3 is 15.7 Å². The van der Waals surface area contributed by atoms with E-state index in [0.717, 1.165) is 17.5 Å². The van der Waals surface area contributed by atoms with Gasteiger partial charge in [-0.05, 0) is 30.9 Å². The van der Waals surface area contributed by atoms with E-state index in [1.807, 2.05) is 24.3 Å². The average molecular weight is 276 g/mol. The number of rotatable bonds is 5. The SMILES string of the molecule is CCNC(=O)CC(=O)NCC1(O)CCc2ccccc21. The molecule has 0 aliphatic heterocycles. The Bertz CT molecular complexity index is 516. The molecule has 2 rings (SSSR count). The van der Waals surface area contributed by atoms with Crippen LogP contribution in [0.15, 0.2) is 24.3 Å². The maximum Gasteiger partial charge on any atom is 0.229 e. The highest BCUT2D eigenvalue weighted by atomic mass is 16.3. The molecular weight excluding hydrogens is 256 g/mol. The minimum absolute atomic E-state index is 0.141. The van der Waals surface area contributed by atoms with Gasteiger partial charge in [0.05, 0.1) is 6.54 Å². The zero-order valence-corrected chi connectivity index (χ0v) is 11.6. The fraction of sp³-hybridized carbons (Fsp3) is 0.467. The number of hydrogen-bond acceptors (Lipinski definition) is 3. The molecule has 1 aliphatic carbocycles. The van der Waals surface area contributed by atoms with Gasteiger partial charge in [-0.25, -0.2) is 0 Å². The number of aliphatic hydroxyl groups is 1. The molecule has 1 unspecified atom stereocenters. The average Bonchev–Trinajstić information content (AvgIpc) is 2.76. The van der Waals surface area contributed by atoms with Gasteiger partial charge in [-0.15, -0.1) is 0 Å². The van der Waals surface area contributed by atoms with E-state index in [1.165, 1.54) is 0 Å². The van der Waals surface area contributed by atoms with Crippen molar-refractivity contribution < 1.29 is 14.7 Å². The summed E-state index contributed by atoms with van der Waals surface area (Å²) >= 11 is 0. The lowest BCUT2D eigenvalue weighted by atomic mass is 9.96. The molecule has 2 amide bonds. The van der Waals surface area contributed by atoms with E-state index in [2.05, 4.69) is 10.6 Å². The number of amides is 2. The summed E-state index contributed by atoms with van der Waals surface area (Å²) in [5.74, 6) is -0.669. The minimum Gasteiger partial charge on any atom is -0.383 e. The van der Waals surface area contributed by atoms with E-state index >= 15 is 0 Å². The monoisotopic (exact) mass is 276 g/mol. The molecule has 0 fully saturated rings. The lowest BCUT2D eigenvalue weighted by Gasteiger charge is -2.24. The van der Waals surface area contributed by atoms with Crippen LogP contribution in [0.2, 0.25) is 0 Å². The molecular formula is C15H20N2O3. The van der Waals surface area contributed by atoms with E-state index in [4.69, 9.17) is 0 Å². The molecule has 108 valence electrons. The maximum absolute atomic E-state index is 11.7. The van der Waals surface area contributed by atoms with E-state index in [9.17, 15) is 14.7 Å². The summed E-state index contributed by atoms with van der Waals surface area (Å²) in [7, 11) is 0. The first kappa shape index (κ1) is 14.5. The first-order valence-corrected chi connectivity index (χ1v) is 6.89. The third kappa shape index (κ3) is 3.17. The smallest absolute Gasteiger partial charge is 0.229 e. The number of fused-ring (bicyclic) bond motifs is 1. The minimum atomic E-state index is -1.02. The second kappa shape index (κ2) is 6.05. The number of carbonyl (C=O) groups excluding carboxylic acids is 2. The van der Waals surface area contributed by atoms with Gasteiger partial charge in [-0.1, -0.05) is 24.3 Å². The first-order valence-electron chi connectivity index (χ1n) is 6.89. The highest BCUT2D eigenvalue weighted by Crippen LogP contribution is 2.36. The normalized spacial score (nSPS) is 20.3. The van der Waals surface area contributed by atoms with Crippen LogP contribution in [0.4, 0.5) is 0 Å². The zero-order chi connectivity index (χ0) is 14.6. The van der Waals surface area contributed by atoms with Crippen molar-refractivity contribution in [1.82, 2.24) is 10.6 Å². The fourth-order valence-electron chi connectivity index (χ4n) is 2.56. The summed E-state index contributed by atoms with van der Waals surface area (Å²) in [6.07, 6.45) is 1.19. The third-order valence-corrected chi connectivity index (χ3v) is 3.60. The van der Waals surface area contributed by atoms with Crippen LogP contribution in [-0.2, 0) is 21.6 Å². The van der Waals surface area contributed by atoms with Gasteiger partial charge in [0.15, 0.2) is 0 Å². The molecule has 0 heterocycles. The Balaban J connectivity index is 1.91. The van der Waals surface area contributed by atoms with Crippen LogP contribution in [0.1, 0.15) is 30.9 Å². The largest absolute Gasteiger partial charge is 0.383 e. The van der Waals surface area contributed by atoms with E-state index in [0.29, 0.717) is 13.0 Å². The van der Waals surface area contributed by atoms with Gasteiger partial charge in [0.25, 0.3) is 0 Å². The van der Waals surface area contributed by atoms with Crippen LogP contribution in [0, 0.1) is 0 Å². The van der Waals surface area contributed by atoms with Crippen molar-refractivity contribution in [3.8, 4) is 0 Å². The van der Waals surface area contributed by atoms with E-state index in [1.54, 1.807) is 6.92 Å². The Morgan fingerprint density at radius 3 is 2.70 bits per heavy atom. The number of benzene rings is 1. The molecule has 0 radical (unpaired) electrons. The van der Waals surface area contributed by atoms with Crippen molar-refractivity contribution in [1.29, 1.82) is 0 Å². The van der Waals surface area contributed by atoms with Gasteiger partial charge in [0.1, 0.15) is 12.0 Å². The van der Waals surface area contributed by atoms with Crippen molar-refractivity contribution in [3.05, 3.63) is 35.4 Å². The number of aryl methyl sites for hydroxylation is 1. The fourth-order valence-corrected chi connectivity index (χ4v) is 2.56. The molecule has 3 N–H and O–H groups in total. The van der Waals surface area contributed by atoms with Gasteiger partial charge >= 0.3 is 0 Å². The van der Waals surface area contributed by atoms with Crippen LogP contribution >= 0.6 is 0 Å². The number of carbonyl (C=O) groups is 2. The second-order valence-electron chi connectivity index (χ2n) is 5.10.